The molecule has 3 aromatic rings. The molecule has 24 heavy (non-hydrogen) atoms. The number of carbonyl (C=O) groups is 1. The van der Waals surface area contributed by atoms with E-state index in [1.54, 1.807) is 25.1 Å². The number of hydrogen-bond acceptors (Lipinski definition) is 2. The molecule has 3 rings (SSSR count). The van der Waals surface area contributed by atoms with E-state index in [2.05, 4.69) is 29.2 Å². The maximum absolute atomic E-state index is 11.6. The van der Waals surface area contributed by atoms with Crippen molar-refractivity contribution in [1.29, 1.82) is 0 Å². The average molecular weight is 316 g/mol. The summed E-state index contributed by atoms with van der Waals surface area (Å²) in [6.07, 6.45) is 6.08. The molecule has 0 aliphatic rings. The summed E-state index contributed by atoms with van der Waals surface area (Å²) in [5.74, 6) is -0.0148. The molecule has 0 saturated heterocycles. The second-order valence-electron chi connectivity index (χ2n) is 5.96. The molecule has 0 spiro atoms. The number of pyridine rings is 1. The topological polar surface area (TPSA) is 33.2 Å². The van der Waals surface area contributed by atoms with Gasteiger partial charge in [-0.05, 0) is 28.7 Å². The molecule has 3 heteroatoms. The summed E-state index contributed by atoms with van der Waals surface area (Å²) >= 11 is 0. The van der Waals surface area contributed by atoms with Crippen molar-refractivity contribution >= 4 is 22.8 Å². The van der Waals surface area contributed by atoms with E-state index in [4.69, 9.17) is 0 Å². The Morgan fingerprint density at radius 3 is 2.54 bits per heavy atom. The van der Waals surface area contributed by atoms with Crippen molar-refractivity contribution in [3.05, 3.63) is 83.7 Å². The van der Waals surface area contributed by atoms with Crippen LogP contribution < -0.4 is 0 Å². The fraction of sp³-hybridized carbons (Fsp3) is 0.143. The van der Waals surface area contributed by atoms with E-state index in [9.17, 15) is 4.79 Å². The highest BCUT2D eigenvalue weighted by Crippen LogP contribution is 2.19. The Bertz CT molecular complexity index is 874. The lowest BCUT2D eigenvalue weighted by atomic mass is 10.0. The Morgan fingerprint density at radius 2 is 1.79 bits per heavy atom. The zero-order chi connectivity index (χ0) is 16.9. The summed E-state index contributed by atoms with van der Waals surface area (Å²) in [6.45, 7) is 0. The first-order valence-electron chi connectivity index (χ1n) is 7.94. The largest absolute Gasteiger partial charge is 0.345 e. The molecule has 1 heterocycles. The van der Waals surface area contributed by atoms with Crippen molar-refractivity contribution in [2.24, 2.45) is 0 Å². The van der Waals surface area contributed by atoms with Gasteiger partial charge < -0.3 is 4.90 Å². The van der Waals surface area contributed by atoms with Crippen molar-refractivity contribution in [1.82, 2.24) is 9.88 Å². The number of aromatic nitrogens is 1. The Hall–Kier alpha value is -2.94. The van der Waals surface area contributed by atoms with Gasteiger partial charge in [-0.25, -0.2) is 0 Å². The van der Waals surface area contributed by atoms with Crippen LogP contribution in [0.15, 0.2) is 66.9 Å². The summed E-state index contributed by atoms with van der Waals surface area (Å²) < 4.78 is 0. The van der Waals surface area contributed by atoms with Crippen LogP contribution in [0.1, 0.15) is 16.8 Å². The summed E-state index contributed by atoms with van der Waals surface area (Å²) in [4.78, 5) is 17.7. The number of rotatable bonds is 4. The van der Waals surface area contributed by atoms with Crippen LogP contribution >= 0.6 is 0 Å². The van der Waals surface area contributed by atoms with Gasteiger partial charge in [-0.15, -0.1) is 0 Å². The van der Waals surface area contributed by atoms with E-state index in [0.717, 1.165) is 17.7 Å². The highest BCUT2D eigenvalue weighted by atomic mass is 16.2. The van der Waals surface area contributed by atoms with Crippen LogP contribution in [0.3, 0.4) is 0 Å². The lowest BCUT2D eigenvalue weighted by Gasteiger charge is -2.07. The van der Waals surface area contributed by atoms with Crippen LogP contribution in [0.4, 0.5) is 0 Å². The standard InChI is InChI=1S/C21H20N2O/c1-23(2)21(24)12-11-16-7-9-17(10-8-16)15-20-19-6-4-3-5-18(19)13-14-22-20/h3-14H,15H2,1-2H3. The fourth-order valence-corrected chi connectivity index (χ4v) is 2.58. The molecule has 120 valence electrons. The van der Waals surface area contributed by atoms with Crippen LogP contribution in [-0.4, -0.2) is 29.9 Å². The number of likely N-dealkylation sites (N-methyl/N-ethyl adjacent to an activating group) is 1. The number of nitrogens with zero attached hydrogens (tertiary/aromatic N) is 2. The second kappa shape index (κ2) is 7.09. The predicted molar refractivity (Wildman–Crippen MR) is 98.7 cm³/mol. The third kappa shape index (κ3) is 3.69. The smallest absolute Gasteiger partial charge is 0.246 e. The average Bonchev–Trinajstić information content (AvgIpc) is 2.61. The molecule has 0 fully saturated rings. The number of benzene rings is 2. The first kappa shape index (κ1) is 15.9. The number of amides is 1. The van der Waals surface area contributed by atoms with Gasteiger partial charge in [0, 0.05) is 38.2 Å². The number of hydrogen-bond donors (Lipinski definition) is 0. The molecule has 0 aliphatic heterocycles. The molecular formula is C21H20N2O. The Balaban J connectivity index is 1.78. The first-order valence-corrected chi connectivity index (χ1v) is 7.94. The monoisotopic (exact) mass is 316 g/mol. The predicted octanol–water partition coefficient (Wildman–Crippen LogP) is 3.93. The lowest BCUT2D eigenvalue weighted by Crippen LogP contribution is -2.18. The SMILES string of the molecule is CN(C)C(=O)C=Cc1ccc(Cc2nccc3ccccc23)cc1. The van der Waals surface area contributed by atoms with E-state index in [1.807, 2.05) is 42.6 Å². The van der Waals surface area contributed by atoms with Crippen molar-refractivity contribution in [3.63, 3.8) is 0 Å². The molecule has 0 aliphatic carbocycles. The molecule has 0 bridgehead atoms. The van der Waals surface area contributed by atoms with Crippen LogP contribution in [-0.2, 0) is 11.2 Å². The van der Waals surface area contributed by atoms with Crippen LogP contribution in [0.2, 0.25) is 0 Å². The highest BCUT2D eigenvalue weighted by molar-refractivity contribution is 5.91. The lowest BCUT2D eigenvalue weighted by molar-refractivity contribution is -0.123. The van der Waals surface area contributed by atoms with Gasteiger partial charge in [0.15, 0.2) is 0 Å². The maximum Gasteiger partial charge on any atom is 0.246 e. The normalized spacial score (nSPS) is 11.1. The van der Waals surface area contributed by atoms with Gasteiger partial charge >= 0.3 is 0 Å². The number of carbonyl (C=O) groups excluding carboxylic acids is 1. The van der Waals surface area contributed by atoms with Crippen LogP contribution in [0, 0.1) is 0 Å². The van der Waals surface area contributed by atoms with Gasteiger partial charge in [-0.3, -0.25) is 9.78 Å². The second-order valence-corrected chi connectivity index (χ2v) is 5.96. The van der Waals surface area contributed by atoms with Gasteiger partial charge in [0.25, 0.3) is 0 Å². The first-order chi connectivity index (χ1) is 11.6. The minimum absolute atomic E-state index is 0.0148. The molecule has 0 atom stereocenters. The van der Waals surface area contributed by atoms with Gasteiger partial charge in [0.2, 0.25) is 5.91 Å². The van der Waals surface area contributed by atoms with Crippen molar-refractivity contribution < 1.29 is 4.79 Å². The van der Waals surface area contributed by atoms with E-state index in [-0.39, 0.29) is 5.91 Å². The molecule has 0 radical (unpaired) electrons. The Kier molecular flexibility index (Phi) is 4.71. The van der Waals surface area contributed by atoms with E-state index >= 15 is 0 Å². The molecule has 1 aromatic heterocycles. The molecule has 0 saturated carbocycles. The summed E-state index contributed by atoms with van der Waals surface area (Å²) in [7, 11) is 3.49. The molecular weight excluding hydrogens is 296 g/mol. The van der Waals surface area contributed by atoms with Crippen LogP contribution in [0.5, 0.6) is 0 Å². The quantitative estimate of drug-likeness (QED) is 0.683. The van der Waals surface area contributed by atoms with Gasteiger partial charge in [0.05, 0.1) is 5.69 Å². The number of fused-ring (bicyclic) bond motifs is 1. The third-order valence-electron chi connectivity index (χ3n) is 3.97. The molecule has 1 amide bonds. The van der Waals surface area contributed by atoms with Crippen molar-refractivity contribution in [2.75, 3.05) is 14.1 Å². The zero-order valence-electron chi connectivity index (χ0n) is 13.9. The van der Waals surface area contributed by atoms with E-state index in [0.29, 0.717) is 0 Å². The third-order valence-corrected chi connectivity index (χ3v) is 3.97. The molecule has 2 aromatic carbocycles. The van der Waals surface area contributed by atoms with Crippen molar-refractivity contribution in [3.8, 4) is 0 Å². The van der Waals surface area contributed by atoms with E-state index in [1.165, 1.54) is 16.3 Å². The van der Waals surface area contributed by atoms with Gasteiger partial charge in [0.1, 0.15) is 0 Å². The Labute approximate surface area is 142 Å². The summed E-state index contributed by atoms with van der Waals surface area (Å²) in [6, 6.07) is 18.6. The molecule has 0 unspecified atom stereocenters. The van der Waals surface area contributed by atoms with Gasteiger partial charge in [-0.2, -0.15) is 0 Å². The highest BCUT2D eigenvalue weighted by Gasteiger charge is 2.03. The van der Waals surface area contributed by atoms with Crippen molar-refractivity contribution in [2.45, 2.75) is 6.42 Å². The van der Waals surface area contributed by atoms with Gasteiger partial charge in [-0.1, -0.05) is 48.5 Å². The summed E-state index contributed by atoms with van der Waals surface area (Å²) in [5.41, 5.74) is 3.30. The van der Waals surface area contributed by atoms with Crippen LogP contribution in [0.25, 0.3) is 16.8 Å². The zero-order valence-corrected chi connectivity index (χ0v) is 13.9. The minimum Gasteiger partial charge on any atom is -0.345 e. The van der Waals surface area contributed by atoms with E-state index < -0.39 is 0 Å². The maximum atomic E-state index is 11.6. The fourth-order valence-electron chi connectivity index (χ4n) is 2.58. The molecule has 3 nitrogen and oxygen atoms in total. The Morgan fingerprint density at radius 1 is 1.04 bits per heavy atom. The summed E-state index contributed by atoms with van der Waals surface area (Å²) in [5, 5.41) is 2.41. The molecule has 0 N–H and O–H groups in total. The minimum atomic E-state index is -0.0148.